The highest BCUT2D eigenvalue weighted by Crippen LogP contribution is 2.30. The summed E-state index contributed by atoms with van der Waals surface area (Å²) in [6.07, 6.45) is 2.40. The lowest BCUT2D eigenvalue weighted by atomic mass is 9.89. The van der Waals surface area contributed by atoms with Crippen LogP contribution in [0.2, 0.25) is 0 Å². The van der Waals surface area contributed by atoms with Crippen molar-refractivity contribution in [1.29, 1.82) is 0 Å². The Morgan fingerprint density at radius 1 is 1.47 bits per heavy atom. The third kappa shape index (κ3) is 3.98. The Bertz CT molecular complexity index is 463. The third-order valence-electron chi connectivity index (χ3n) is 2.86. The number of benzene rings is 1. The third-order valence-corrected chi connectivity index (χ3v) is 2.86. The van der Waals surface area contributed by atoms with Crippen LogP contribution in [0.5, 0.6) is 5.75 Å². The van der Waals surface area contributed by atoms with Gasteiger partial charge in [-0.1, -0.05) is 24.8 Å². The molecule has 1 atom stereocenters. The lowest BCUT2D eigenvalue weighted by Gasteiger charge is -2.18. The van der Waals surface area contributed by atoms with Crippen LogP contribution in [0.3, 0.4) is 0 Å². The Balaban J connectivity index is 3.01. The zero-order chi connectivity index (χ0) is 14.3. The van der Waals surface area contributed by atoms with Crippen molar-refractivity contribution in [2.24, 2.45) is 0 Å². The van der Waals surface area contributed by atoms with E-state index in [0.717, 1.165) is 11.3 Å². The fraction of sp³-hybridized carbons (Fsp3) is 0.312. The zero-order valence-electron chi connectivity index (χ0n) is 11.5. The van der Waals surface area contributed by atoms with Crippen LogP contribution in [0.1, 0.15) is 24.8 Å². The second kappa shape index (κ2) is 7.41. The molecule has 0 fully saturated rings. The number of esters is 1. The molecule has 1 aromatic carbocycles. The molecule has 0 unspecified atom stereocenters. The van der Waals surface area contributed by atoms with Crippen molar-refractivity contribution in [1.82, 2.24) is 0 Å². The summed E-state index contributed by atoms with van der Waals surface area (Å²) < 4.78 is 10.2. The van der Waals surface area contributed by atoms with Crippen LogP contribution in [0, 0.1) is 0 Å². The monoisotopic (exact) mass is 260 g/mol. The first-order chi connectivity index (χ1) is 9.13. The molecule has 0 aliphatic rings. The first-order valence-corrected chi connectivity index (χ1v) is 6.24. The second-order valence-electron chi connectivity index (χ2n) is 4.10. The Morgan fingerprint density at radius 2 is 2.21 bits per heavy atom. The van der Waals surface area contributed by atoms with Crippen molar-refractivity contribution in [3.05, 3.63) is 54.6 Å². The second-order valence-corrected chi connectivity index (χ2v) is 4.10. The predicted octanol–water partition coefficient (Wildman–Crippen LogP) is 3.47. The van der Waals surface area contributed by atoms with Gasteiger partial charge in [0.1, 0.15) is 5.75 Å². The van der Waals surface area contributed by atoms with Gasteiger partial charge in [0, 0.05) is 11.5 Å². The molecule has 0 amide bonds. The topological polar surface area (TPSA) is 35.5 Å². The number of allylic oxidation sites excluding steroid dienone is 1. The summed E-state index contributed by atoms with van der Waals surface area (Å²) in [5.41, 5.74) is 1.41. The number of rotatable bonds is 7. The van der Waals surface area contributed by atoms with Crippen LogP contribution in [0.15, 0.2) is 49.1 Å². The molecule has 102 valence electrons. The number of carbonyl (C=O) groups excluding carboxylic acids is 1. The van der Waals surface area contributed by atoms with E-state index in [2.05, 4.69) is 13.2 Å². The minimum atomic E-state index is -0.364. The van der Waals surface area contributed by atoms with E-state index in [4.69, 9.17) is 9.47 Å². The van der Waals surface area contributed by atoms with E-state index >= 15 is 0 Å². The van der Waals surface area contributed by atoms with Gasteiger partial charge in [-0.15, -0.1) is 6.58 Å². The van der Waals surface area contributed by atoms with Gasteiger partial charge in [0.25, 0.3) is 0 Å². The number of hydrogen-bond acceptors (Lipinski definition) is 3. The maximum Gasteiger partial charge on any atom is 0.334 e. The molecule has 0 saturated heterocycles. The Morgan fingerprint density at radius 3 is 2.79 bits per heavy atom. The number of hydrogen-bond donors (Lipinski definition) is 0. The van der Waals surface area contributed by atoms with Gasteiger partial charge in [0.15, 0.2) is 0 Å². The molecule has 0 aliphatic carbocycles. The SMILES string of the molecule is C=CC[C@@H](C(=C)C(=O)OCC)c1cccc(OC)c1. The van der Waals surface area contributed by atoms with Gasteiger partial charge in [0.05, 0.1) is 13.7 Å². The lowest BCUT2D eigenvalue weighted by molar-refractivity contribution is -0.138. The average Bonchev–Trinajstić information content (AvgIpc) is 2.44. The molecule has 3 heteroatoms. The Hall–Kier alpha value is -2.03. The van der Waals surface area contributed by atoms with E-state index in [0.29, 0.717) is 18.6 Å². The minimum Gasteiger partial charge on any atom is -0.497 e. The van der Waals surface area contributed by atoms with Gasteiger partial charge < -0.3 is 9.47 Å². The van der Waals surface area contributed by atoms with Crippen LogP contribution >= 0.6 is 0 Å². The van der Waals surface area contributed by atoms with E-state index in [1.807, 2.05) is 24.3 Å². The first kappa shape index (κ1) is 15.0. The standard InChI is InChI=1S/C16H20O3/c1-5-8-15(12(3)16(17)19-6-2)13-9-7-10-14(11-13)18-4/h5,7,9-11,15H,1,3,6,8H2,2,4H3/t15-/m0/s1. The molecular weight excluding hydrogens is 240 g/mol. The van der Waals surface area contributed by atoms with Crippen molar-refractivity contribution in [2.45, 2.75) is 19.3 Å². The summed E-state index contributed by atoms with van der Waals surface area (Å²) in [4.78, 5) is 11.8. The van der Waals surface area contributed by atoms with Gasteiger partial charge in [-0.25, -0.2) is 4.79 Å². The van der Waals surface area contributed by atoms with Crippen LogP contribution < -0.4 is 4.74 Å². The highest BCUT2D eigenvalue weighted by molar-refractivity contribution is 5.89. The van der Waals surface area contributed by atoms with Crippen LogP contribution in [0.25, 0.3) is 0 Å². The molecule has 0 spiro atoms. The molecule has 0 saturated carbocycles. The summed E-state index contributed by atoms with van der Waals surface area (Å²) in [5.74, 6) is 0.257. The number of methoxy groups -OCH3 is 1. The van der Waals surface area contributed by atoms with E-state index in [1.54, 1.807) is 20.1 Å². The van der Waals surface area contributed by atoms with E-state index in [9.17, 15) is 4.79 Å². The summed E-state index contributed by atoms with van der Waals surface area (Å²) in [7, 11) is 1.61. The highest BCUT2D eigenvalue weighted by Gasteiger charge is 2.21. The Labute approximate surface area is 114 Å². The van der Waals surface area contributed by atoms with Gasteiger partial charge >= 0.3 is 5.97 Å². The maximum atomic E-state index is 11.8. The van der Waals surface area contributed by atoms with E-state index in [1.165, 1.54) is 0 Å². The lowest BCUT2D eigenvalue weighted by Crippen LogP contribution is -2.13. The average molecular weight is 260 g/mol. The van der Waals surface area contributed by atoms with Crippen LogP contribution in [0.4, 0.5) is 0 Å². The van der Waals surface area contributed by atoms with Crippen LogP contribution in [-0.4, -0.2) is 19.7 Å². The first-order valence-electron chi connectivity index (χ1n) is 6.24. The fourth-order valence-electron chi connectivity index (χ4n) is 1.87. The molecule has 0 bridgehead atoms. The minimum absolute atomic E-state index is 0.133. The van der Waals surface area contributed by atoms with Crippen molar-refractivity contribution < 1.29 is 14.3 Å². The number of carbonyl (C=O) groups is 1. The zero-order valence-corrected chi connectivity index (χ0v) is 11.5. The molecule has 19 heavy (non-hydrogen) atoms. The van der Waals surface area contributed by atoms with Gasteiger partial charge in [0.2, 0.25) is 0 Å². The molecular formula is C16H20O3. The summed E-state index contributed by atoms with van der Waals surface area (Å²) in [5, 5.41) is 0. The molecule has 0 aliphatic heterocycles. The van der Waals surface area contributed by atoms with E-state index < -0.39 is 0 Å². The maximum absolute atomic E-state index is 11.8. The molecule has 0 aromatic heterocycles. The molecule has 1 aromatic rings. The molecule has 0 N–H and O–H groups in total. The van der Waals surface area contributed by atoms with Crippen molar-refractivity contribution in [3.8, 4) is 5.75 Å². The molecule has 0 radical (unpaired) electrons. The summed E-state index contributed by atoms with van der Waals surface area (Å²) in [6, 6.07) is 7.60. The summed E-state index contributed by atoms with van der Waals surface area (Å²) >= 11 is 0. The fourth-order valence-corrected chi connectivity index (χ4v) is 1.87. The Kier molecular flexibility index (Phi) is 5.86. The normalized spacial score (nSPS) is 11.5. The van der Waals surface area contributed by atoms with Gasteiger partial charge in [-0.05, 0) is 31.0 Å². The molecule has 1 rings (SSSR count). The predicted molar refractivity (Wildman–Crippen MR) is 76.3 cm³/mol. The molecule has 3 nitrogen and oxygen atoms in total. The van der Waals surface area contributed by atoms with Gasteiger partial charge in [-0.3, -0.25) is 0 Å². The van der Waals surface area contributed by atoms with Crippen LogP contribution in [-0.2, 0) is 9.53 Å². The van der Waals surface area contributed by atoms with Crippen molar-refractivity contribution in [2.75, 3.05) is 13.7 Å². The van der Waals surface area contributed by atoms with Crippen molar-refractivity contribution in [3.63, 3.8) is 0 Å². The summed E-state index contributed by atoms with van der Waals surface area (Å²) in [6.45, 7) is 9.71. The number of ether oxygens (including phenoxy) is 2. The van der Waals surface area contributed by atoms with E-state index in [-0.39, 0.29) is 11.9 Å². The van der Waals surface area contributed by atoms with Crippen molar-refractivity contribution >= 4 is 5.97 Å². The molecule has 0 heterocycles. The smallest absolute Gasteiger partial charge is 0.334 e. The largest absolute Gasteiger partial charge is 0.497 e. The van der Waals surface area contributed by atoms with Gasteiger partial charge in [-0.2, -0.15) is 0 Å². The highest BCUT2D eigenvalue weighted by atomic mass is 16.5. The quantitative estimate of drug-likeness (QED) is 0.428.